The minimum absolute atomic E-state index is 0.0168. The molecule has 0 aliphatic carbocycles. The number of anilines is 1. The third-order valence-electron chi connectivity index (χ3n) is 1.41. The monoisotopic (exact) mass is 186 g/mol. The van der Waals surface area contributed by atoms with Crippen LogP contribution < -0.4 is 5.73 Å². The summed E-state index contributed by atoms with van der Waals surface area (Å²) in [6, 6.07) is 1.40. The Bertz CT molecular complexity index is 338. The SMILES string of the molecule is Cc1cc(C(=O)O)c(N)nc1Cl. The molecular formula is C7H7ClN2O2. The number of carboxylic acids is 1. The maximum Gasteiger partial charge on any atom is 0.339 e. The molecule has 0 saturated carbocycles. The predicted molar refractivity (Wildman–Crippen MR) is 45.4 cm³/mol. The number of aromatic carboxylic acids is 1. The highest BCUT2D eigenvalue weighted by Crippen LogP contribution is 2.18. The first-order valence-corrected chi connectivity index (χ1v) is 3.56. The second-order valence-corrected chi connectivity index (χ2v) is 2.69. The van der Waals surface area contributed by atoms with E-state index in [1.165, 1.54) is 6.07 Å². The average molecular weight is 187 g/mol. The molecule has 3 N–H and O–H groups in total. The molecule has 4 nitrogen and oxygen atoms in total. The molecule has 0 aliphatic heterocycles. The molecule has 0 bridgehead atoms. The lowest BCUT2D eigenvalue weighted by Gasteiger charge is -2.02. The van der Waals surface area contributed by atoms with E-state index in [1.54, 1.807) is 6.92 Å². The lowest BCUT2D eigenvalue weighted by atomic mass is 10.2. The van der Waals surface area contributed by atoms with Gasteiger partial charge in [-0.2, -0.15) is 0 Å². The van der Waals surface area contributed by atoms with Crippen molar-refractivity contribution >= 4 is 23.4 Å². The maximum atomic E-state index is 10.5. The van der Waals surface area contributed by atoms with Gasteiger partial charge >= 0.3 is 5.97 Å². The number of nitrogens with two attached hydrogens (primary N) is 1. The molecule has 0 amide bonds. The first-order chi connectivity index (χ1) is 5.52. The molecule has 0 atom stereocenters. The number of hydrogen-bond acceptors (Lipinski definition) is 3. The van der Waals surface area contributed by atoms with E-state index in [4.69, 9.17) is 22.4 Å². The number of carbonyl (C=O) groups is 1. The van der Waals surface area contributed by atoms with E-state index >= 15 is 0 Å². The first-order valence-electron chi connectivity index (χ1n) is 3.18. The van der Waals surface area contributed by atoms with Crippen molar-refractivity contribution in [3.63, 3.8) is 0 Å². The molecule has 0 spiro atoms. The van der Waals surface area contributed by atoms with Crippen LogP contribution in [-0.4, -0.2) is 16.1 Å². The predicted octanol–water partition coefficient (Wildman–Crippen LogP) is 1.32. The summed E-state index contributed by atoms with van der Waals surface area (Å²) in [6.07, 6.45) is 0. The molecule has 0 aromatic carbocycles. The van der Waals surface area contributed by atoms with E-state index in [0.717, 1.165) is 0 Å². The van der Waals surface area contributed by atoms with Crippen molar-refractivity contribution in [1.29, 1.82) is 0 Å². The quantitative estimate of drug-likeness (QED) is 0.649. The molecule has 0 saturated heterocycles. The number of nitrogens with zero attached hydrogens (tertiary/aromatic N) is 1. The van der Waals surface area contributed by atoms with E-state index in [9.17, 15) is 4.79 Å². The zero-order valence-corrected chi connectivity index (χ0v) is 7.09. The van der Waals surface area contributed by atoms with Crippen LogP contribution in [0.5, 0.6) is 0 Å². The zero-order valence-electron chi connectivity index (χ0n) is 6.34. The van der Waals surface area contributed by atoms with Crippen LogP contribution in [0.2, 0.25) is 5.15 Å². The molecule has 1 aromatic rings. The fourth-order valence-corrected chi connectivity index (χ4v) is 0.921. The number of carboxylic acid groups (broad SMARTS) is 1. The van der Waals surface area contributed by atoms with Gasteiger partial charge in [-0.25, -0.2) is 9.78 Å². The van der Waals surface area contributed by atoms with E-state index in [2.05, 4.69) is 4.98 Å². The Labute approximate surface area is 74.0 Å². The van der Waals surface area contributed by atoms with E-state index in [-0.39, 0.29) is 16.5 Å². The standard InChI is InChI=1S/C7H7ClN2O2/c1-3-2-4(7(11)12)6(9)10-5(3)8/h2H,1H3,(H2,9,10)(H,11,12). The first kappa shape index (κ1) is 8.80. The Morgan fingerprint density at radius 2 is 2.33 bits per heavy atom. The molecule has 1 aromatic heterocycles. The van der Waals surface area contributed by atoms with Gasteiger partial charge in [-0.3, -0.25) is 0 Å². The minimum Gasteiger partial charge on any atom is -0.478 e. The van der Waals surface area contributed by atoms with Crippen molar-refractivity contribution < 1.29 is 9.90 Å². The number of halogens is 1. The van der Waals surface area contributed by atoms with Gasteiger partial charge in [0.25, 0.3) is 0 Å². The van der Waals surface area contributed by atoms with E-state index < -0.39 is 5.97 Å². The van der Waals surface area contributed by atoms with Crippen molar-refractivity contribution in [3.05, 3.63) is 22.3 Å². The topological polar surface area (TPSA) is 76.2 Å². The van der Waals surface area contributed by atoms with Crippen molar-refractivity contribution in [3.8, 4) is 0 Å². The summed E-state index contributed by atoms with van der Waals surface area (Å²) >= 11 is 5.61. The summed E-state index contributed by atoms with van der Waals surface area (Å²) in [5, 5.41) is 8.85. The molecule has 64 valence electrons. The molecule has 1 rings (SSSR count). The highest BCUT2D eigenvalue weighted by molar-refractivity contribution is 6.30. The summed E-state index contributed by atoms with van der Waals surface area (Å²) in [5.41, 5.74) is 5.90. The van der Waals surface area contributed by atoms with Gasteiger partial charge in [0, 0.05) is 0 Å². The Morgan fingerprint density at radius 1 is 1.75 bits per heavy atom. The summed E-state index contributed by atoms with van der Waals surface area (Å²) in [6.45, 7) is 1.67. The van der Waals surface area contributed by atoms with Crippen molar-refractivity contribution in [2.45, 2.75) is 6.92 Å². The van der Waals surface area contributed by atoms with Crippen LogP contribution >= 0.6 is 11.6 Å². The largest absolute Gasteiger partial charge is 0.478 e. The van der Waals surface area contributed by atoms with Crippen molar-refractivity contribution in [2.75, 3.05) is 5.73 Å². The van der Waals surface area contributed by atoms with Gasteiger partial charge in [0.05, 0.1) is 0 Å². The maximum absolute atomic E-state index is 10.5. The number of aryl methyl sites for hydroxylation is 1. The average Bonchev–Trinajstić information content (AvgIpc) is 1.96. The molecule has 0 unspecified atom stereocenters. The van der Waals surface area contributed by atoms with Crippen LogP contribution in [0.25, 0.3) is 0 Å². The summed E-state index contributed by atoms with van der Waals surface area (Å²) < 4.78 is 0. The third-order valence-corrected chi connectivity index (χ3v) is 1.79. The van der Waals surface area contributed by atoms with Gasteiger partial charge in [0.15, 0.2) is 0 Å². The molecule has 0 radical (unpaired) electrons. The third kappa shape index (κ3) is 1.48. The minimum atomic E-state index is -1.10. The fourth-order valence-electron chi connectivity index (χ4n) is 0.775. The van der Waals surface area contributed by atoms with Gasteiger partial charge in [-0.05, 0) is 18.6 Å². The molecule has 0 fully saturated rings. The second kappa shape index (κ2) is 2.98. The smallest absolute Gasteiger partial charge is 0.339 e. The summed E-state index contributed by atoms with van der Waals surface area (Å²) in [7, 11) is 0. The Kier molecular flexibility index (Phi) is 2.19. The number of nitrogen functional groups attached to an aromatic ring is 1. The van der Waals surface area contributed by atoms with Gasteiger partial charge < -0.3 is 10.8 Å². The molecule has 0 aliphatic rings. The highest BCUT2D eigenvalue weighted by Gasteiger charge is 2.10. The summed E-state index contributed by atoms with van der Waals surface area (Å²) in [5.74, 6) is -1.15. The molecule has 5 heteroatoms. The van der Waals surface area contributed by atoms with Crippen LogP contribution in [0.1, 0.15) is 15.9 Å². The molecular weight excluding hydrogens is 180 g/mol. The van der Waals surface area contributed by atoms with Crippen molar-refractivity contribution in [2.24, 2.45) is 0 Å². The van der Waals surface area contributed by atoms with Gasteiger partial charge in [0.2, 0.25) is 0 Å². The van der Waals surface area contributed by atoms with E-state index in [1.807, 2.05) is 0 Å². The Balaban J connectivity index is 3.33. The highest BCUT2D eigenvalue weighted by atomic mass is 35.5. The number of aromatic nitrogens is 1. The fraction of sp³-hybridized carbons (Fsp3) is 0.143. The lowest BCUT2D eigenvalue weighted by Crippen LogP contribution is -2.05. The second-order valence-electron chi connectivity index (χ2n) is 2.33. The molecule has 1 heterocycles. The molecule has 12 heavy (non-hydrogen) atoms. The van der Waals surface area contributed by atoms with E-state index in [0.29, 0.717) is 5.56 Å². The van der Waals surface area contributed by atoms with Crippen LogP contribution in [0.3, 0.4) is 0 Å². The Morgan fingerprint density at radius 3 is 2.83 bits per heavy atom. The van der Waals surface area contributed by atoms with Gasteiger partial charge in [-0.1, -0.05) is 11.6 Å². The zero-order chi connectivity index (χ0) is 9.30. The Hall–Kier alpha value is -1.29. The number of hydrogen-bond donors (Lipinski definition) is 2. The number of pyridine rings is 1. The van der Waals surface area contributed by atoms with Crippen LogP contribution in [0.15, 0.2) is 6.07 Å². The van der Waals surface area contributed by atoms with Crippen molar-refractivity contribution in [1.82, 2.24) is 4.98 Å². The van der Waals surface area contributed by atoms with Gasteiger partial charge in [0.1, 0.15) is 16.5 Å². The van der Waals surface area contributed by atoms with Crippen LogP contribution in [0, 0.1) is 6.92 Å². The summed E-state index contributed by atoms with van der Waals surface area (Å²) in [4.78, 5) is 14.2. The van der Waals surface area contributed by atoms with Crippen LogP contribution in [0.4, 0.5) is 5.82 Å². The lowest BCUT2D eigenvalue weighted by molar-refractivity contribution is 0.0697. The normalized spacial score (nSPS) is 9.83. The van der Waals surface area contributed by atoms with Crippen LogP contribution in [-0.2, 0) is 0 Å². The van der Waals surface area contributed by atoms with Gasteiger partial charge in [-0.15, -0.1) is 0 Å². The number of rotatable bonds is 1.